The average molecular weight is 429 g/mol. The van der Waals surface area contributed by atoms with E-state index in [1.807, 2.05) is 17.9 Å². The number of aliphatic imine (C=N–C) groups is 1. The van der Waals surface area contributed by atoms with E-state index in [2.05, 4.69) is 33.8 Å². The van der Waals surface area contributed by atoms with Gasteiger partial charge in [-0.1, -0.05) is 24.3 Å². The second-order valence-corrected chi connectivity index (χ2v) is 8.38. The van der Waals surface area contributed by atoms with Crippen LogP contribution in [0.2, 0.25) is 0 Å². The van der Waals surface area contributed by atoms with Gasteiger partial charge in [0.15, 0.2) is 5.96 Å². The van der Waals surface area contributed by atoms with Crippen molar-refractivity contribution in [3.63, 3.8) is 0 Å². The largest absolute Gasteiger partial charge is 0.466 e. The highest BCUT2D eigenvalue weighted by Crippen LogP contribution is 2.25. The summed E-state index contributed by atoms with van der Waals surface area (Å²) in [6, 6.07) is 8.69. The summed E-state index contributed by atoms with van der Waals surface area (Å²) in [4.78, 5) is 30.7. The van der Waals surface area contributed by atoms with Crippen molar-refractivity contribution in [2.24, 2.45) is 10.9 Å². The monoisotopic (exact) mass is 428 g/mol. The van der Waals surface area contributed by atoms with Gasteiger partial charge in [-0.3, -0.25) is 14.6 Å². The molecule has 0 spiro atoms. The molecule has 1 aromatic rings. The number of ether oxygens (including phenoxy) is 1. The zero-order valence-corrected chi connectivity index (χ0v) is 18.9. The van der Waals surface area contributed by atoms with Gasteiger partial charge < -0.3 is 20.3 Å². The highest BCUT2D eigenvalue weighted by Gasteiger charge is 2.27. The lowest BCUT2D eigenvalue weighted by molar-refractivity contribution is -0.149. The molecule has 0 atom stereocenters. The van der Waals surface area contributed by atoms with E-state index < -0.39 is 0 Å². The number of fused-ring (bicyclic) bond motifs is 1. The summed E-state index contributed by atoms with van der Waals surface area (Å²) in [5.41, 5.74) is 2.63. The van der Waals surface area contributed by atoms with E-state index in [0.717, 1.165) is 57.6 Å². The zero-order valence-electron chi connectivity index (χ0n) is 18.9. The summed E-state index contributed by atoms with van der Waals surface area (Å²) >= 11 is 0. The third-order valence-corrected chi connectivity index (χ3v) is 6.25. The summed E-state index contributed by atoms with van der Waals surface area (Å²) in [6.45, 7) is 4.52. The number of carbonyl (C=O) groups is 2. The van der Waals surface area contributed by atoms with E-state index in [4.69, 9.17) is 4.74 Å². The van der Waals surface area contributed by atoms with Gasteiger partial charge in [0, 0.05) is 39.1 Å². The number of rotatable bonds is 7. The smallest absolute Gasteiger partial charge is 0.308 e. The Morgan fingerprint density at radius 3 is 2.61 bits per heavy atom. The van der Waals surface area contributed by atoms with Crippen molar-refractivity contribution in [2.45, 2.75) is 64.5 Å². The maximum absolute atomic E-state index is 12.6. The lowest BCUT2D eigenvalue weighted by atomic mass is 9.86. The van der Waals surface area contributed by atoms with Crippen LogP contribution >= 0.6 is 0 Å². The molecular weight excluding hydrogens is 392 g/mol. The normalized spacial score (nSPS) is 21.2. The molecule has 0 aromatic heterocycles. The first kappa shape index (κ1) is 23.1. The Morgan fingerprint density at radius 1 is 1.16 bits per heavy atom. The van der Waals surface area contributed by atoms with Gasteiger partial charge in [0.25, 0.3) is 0 Å². The SMILES string of the molecule is CCOC(=O)C1CCC(NC(=NC)NCCCC(=O)N2CCc3ccccc3C2)CC1. The molecule has 1 aliphatic heterocycles. The Bertz CT molecular complexity index is 772. The van der Waals surface area contributed by atoms with Crippen LogP contribution in [0.25, 0.3) is 0 Å². The third kappa shape index (κ3) is 6.71. The molecule has 0 saturated heterocycles. The summed E-state index contributed by atoms with van der Waals surface area (Å²) in [7, 11) is 1.76. The van der Waals surface area contributed by atoms with E-state index in [9.17, 15) is 9.59 Å². The number of nitrogens with one attached hydrogen (secondary N) is 2. The first-order chi connectivity index (χ1) is 15.1. The quantitative estimate of drug-likeness (QED) is 0.302. The fraction of sp³-hybridized carbons (Fsp3) is 0.625. The summed E-state index contributed by atoms with van der Waals surface area (Å²) in [5.74, 6) is 0.946. The van der Waals surface area contributed by atoms with Crippen molar-refractivity contribution in [1.82, 2.24) is 15.5 Å². The number of amides is 1. The number of carbonyl (C=O) groups excluding carboxylic acids is 2. The molecule has 1 aromatic carbocycles. The lowest BCUT2D eigenvalue weighted by Gasteiger charge is -2.29. The fourth-order valence-corrected chi connectivity index (χ4v) is 4.43. The molecular formula is C24H36N4O3. The van der Waals surface area contributed by atoms with Crippen LogP contribution in [-0.4, -0.2) is 55.5 Å². The first-order valence-corrected chi connectivity index (χ1v) is 11.6. The molecule has 1 amide bonds. The average Bonchev–Trinajstić information content (AvgIpc) is 2.81. The van der Waals surface area contributed by atoms with Crippen LogP contribution in [0.5, 0.6) is 0 Å². The van der Waals surface area contributed by atoms with Crippen molar-refractivity contribution in [3.05, 3.63) is 35.4 Å². The highest BCUT2D eigenvalue weighted by molar-refractivity contribution is 5.80. The van der Waals surface area contributed by atoms with Crippen LogP contribution in [0.1, 0.15) is 56.6 Å². The zero-order chi connectivity index (χ0) is 22.1. The second-order valence-electron chi connectivity index (χ2n) is 8.38. The Kier molecular flexibility index (Phi) is 8.74. The van der Waals surface area contributed by atoms with Crippen molar-refractivity contribution in [2.75, 3.05) is 26.7 Å². The number of guanidine groups is 1. The van der Waals surface area contributed by atoms with E-state index >= 15 is 0 Å². The van der Waals surface area contributed by atoms with Crippen molar-refractivity contribution < 1.29 is 14.3 Å². The minimum absolute atomic E-state index is 0.0285. The van der Waals surface area contributed by atoms with Crippen LogP contribution in [0.4, 0.5) is 0 Å². The van der Waals surface area contributed by atoms with E-state index in [0.29, 0.717) is 25.6 Å². The van der Waals surface area contributed by atoms with Gasteiger partial charge in [0.2, 0.25) is 5.91 Å². The molecule has 2 aliphatic rings. The number of esters is 1. The predicted octanol–water partition coefficient (Wildman–Crippen LogP) is 2.64. The summed E-state index contributed by atoms with van der Waals surface area (Å²) < 4.78 is 5.14. The number of benzene rings is 1. The molecule has 0 unspecified atom stereocenters. The molecule has 7 nitrogen and oxygen atoms in total. The third-order valence-electron chi connectivity index (χ3n) is 6.25. The van der Waals surface area contributed by atoms with E-state index in [-0.39, 0.29) is 17.8 Å². The van der Waals surface area contributed by atoms with Gasteiger partial charge in [-0.2, -0.15) is 0 Å². The molecule has 1 saturated carbocycles. The van der Waals surface area contributed by atoms with Gasteiger partial charge in [0.1, 0.15) is 0 Å². The number of nitrogens with zero attached hydrogens (tertiary/aromatic N) is 2. The molecule has 1 heterocycles. The molecule has 7 heteroatoms. The molecule has 3 rings (SSSR count). The highest BCUT2D eigenvalue weighted by atomic mass is 16.5. The molecule has 170 valence electrons. The van der Waals surface area contributed by atoms with Crippen LogP contribution in [-0.2, 0) is 27.3 Å². The summed E-state index contributed by atoms with van der Waals surface area (Å²) in [6.07, 6.45) is 5.80. The lowest BCUT2D eigenvalue weighted by Crippen LogP contribution is -2.45. The van der Waals surface area contributed by atoms with Crippen molar-refractivity contribution in [3.8, 4) is 0 Å². The Labute approximate surface area is 185 Å². The van der Waals surface area contributed by atoms with E-state index in [1.54, 1.807) is 7.05 Å². The summed E-state index contributed by atoms with van der Waals surface area (Å²) in [5, 5.41) is 6.77. The van der Waals surface area contributed by atoms with E-state index in [1.165, 1.54) is 11.1 Å². The molecule has 2 N–H and O–H groups in total. The predicted molar refractivity (Wildman–Crippen MR) is 122 cm³/mol. The maximum atomic E-state index is 12.6. The van der Waals surface area contributed by atoms with Gasteiger partial charge in [-0.25, -0.2) is 0 Å². The van der Waals surface area contributed by atoms with Crippen LogP contribution in [0.15, 0.2) is 29.3 Å². The van der Waals surface area contributed by atoms with Crippen LogP contribution < -0.4 is 10.6 Å². The molecule has 0 bridgehead atoms. The second kappa shape index (κ2) is 11.7. The molecule has 31 heavy (non-hydrogen) atoms. The number of hydrogen-bond donors (Lipinski definition) is 2. The Hall–Kier alpha value is -2.57. The van der Waals surface area contributed by atoms with Gasteiger partial charge in [-0.05, 0) is 56.6 Å². The molecule has 1 fully saturated rings. The van der Waals surface area contributed by atoms with Gasteiger partial charge >= 0.3 is 5.97 Å². The van der Waals surface area contributed by atoms with Gasteiger partial charge in [-0.15, -0.1) is 0 Å². The van der Waals surface area contributed by atoms with Crippen molar-refractivity contribution >= 4 is 17.8 Å². The van der Waals surface area contributed by atoms with Crippen LogP contribution in [0.3, 0.4) is 0 Å². The molecule has 1 aliphatic carbocycles. The topological polar surface area (TPSA) is 83.0 Å². The minimum atomic E-state index is -0.0645. The Morgan fingerprint density at radius 2 is 1.90 bits per heavy atom. The fourth-order valence-electron chi connectivity index (χ4n) is 4.43. The maximum Gasteiger partial charge on any atom is 0.308 e. The molecule has 0 radical (unpaired) electrons. The van der Waals surface area contributed by atoms with Gasteiger partial charge in [0.05, 0.1) is 12.5 Å². The Balaban J connectivity index is 1.33. The van der Waals surface area contributed by atoms with Crippen LogP contribution in [0, 0.1) is 5.92 Å². The number of hydrogen-bond acceptors (Lipinski definition) is 4. The minimum Gasteiger partial charge on any atom is -0.466 e. The first-order valence-electron chi connectivity index (χ1n) is 11.6. The standard InChI is InChI=1S/C24H36N4O3/c1-3-31-23(30)19-10-12-21(13-11-19)27-24(25-2)26-15-6-9-22(29)28-16-14-18-7-4-5-8-20(18)17-28/h4-5,7-8,19,21H,3,6,9-17H2,1-2H3,(H2,25,26,27). The van der Waals surface area contributed by atoms with Crippen molar-refractivity contribution in [1.29, 1.82) is 0 Å².